The number of carbonyl (C=O) groups excluding carboxylic acids is 2. The summed E-state index contributed by atoms with van der Waals surface area (Å²) < 4.78 is 5.79. The second-order valence-electron chi connectivity index (χ2n) is 10.7. The minimum atomic E-state index is -1.62. The van der Waals surface area contributed by atoms with Gasteiger partial charge in [-0.1, -0.05) is 42.7 Å². The number of benzene rings is 1. The minimum Gasteiger partial charge on any atom is -0.479 e. The van der Waals surface area contributed by atoms with Gasteiger partial charge in [0.1, 0.15) is 11.3 Å². The zero-order valence-corrected chi connectivity index (χ0v) is 22.5. The molecule has 1 saturated carbocycles. The predicted molar refractivity (Wildman–Crippen MR) is 142 cm³/mol. The van der Waals surface area contributed by atoms with E-state index >= 15 is 0 Å². The quantitative estimate of drug-likeness (QED) is 0.377. The Balaban J connectivity index is 1.80. The van der Waals surface area contributed by atoms with Gasteiger partial charge in [0.25, 0.3) is 0 Å². The number of rotatable bonds is 6. The average Bonchev–Trinajstić information content (AvgIpc) is 3.65. The van der Waals surface area contributed by atoms with Crippen molar-refractivity contribution in [2.75, 3.05) is 0 Å². The SMILES string of the molecule is Cc1cccc(C2C(C(=O)c3ccc(C)o3)C(c3sccc3C)C(C)(C(=O)O)N2C(=O)C2CCCC2)c1. The third-order valence-electron chi connectivity index (χ3n) is 8.31. The molecule has 1 aliphatic heterocycles. The summed E-state index contributed by atoms with van der Waals surface area (Å²) in [4.78, 5) is 44.3. The number of ketones is 1. The first-order valence-corrected chi connectivity index (χ1v) is 13.8. The molecule has 194 valence electrons. The van der Waals surface area contributed by atoms with Crippen LogP contribution in [0.4, 0.5) is 0 Å². The third kappa shape index (κ3) is 4.13. The third-order valence-corrected chi connectivity index (χ3v) is 9.41. The summed E-state index contributed by atoms with van der Waals surface area (Å²) in [6, 6.07) is 12.4. The van der Waals surface area contributed by atoms with Gasteiger partial charge in [0.05, 0.1) is 12.0 Å². The number of hydrogen-bond acceptors (Lipinski definition) is 5. The molecule has 2 aromatic heterocycles. The van der Waals surface area contributed by atoms with Crippen molar-refractivity contribution < 1.29 is 23.9 Å². The van der Waals surface area contributed by atoms with E-state index in [4.69, 9.17) is 4.42 Å². The summed E-state index contributed by atoms with van der Waals surface area (Å²) in [6.07, 6.45) is 3.38. The van der Waals surface area contributed by atoms with Crippen molar-refractivity contribution in [3.05, 3.63) is 80.9 Å². The number of carboxylic acid groups (broad SMARTS) is 1. The standard InChI is InChI=1S/C30H33NO5S/c1-17-8-7-11-21(16-17)25-23(26(32)22-13-12-19(3)36-22)24(27-18(2)14-15-37-27)30(4,29(34)35)31(25)28(33)20-9-5-6-10-20/h7-8,11-16,20,23-25H,5-6,9-10H2,1-4H3,(H,34,35). The average molecular weight is 520 g/mol. The molecule has 6 nitrogen and oxygen atoms in total. The first-order chi connectivity index (χ1) is 17.6. The lowest BCUT2D eigenvalue weighted by molar-refractivity contribution is -0.159. The number of Topliss-reactive ketones (excluding diaryl/α,β-unsaturated/α-hetero) is 1. The Morgan fingerprint density at radius 2 is 1.78 bits per heavy atom. The van der Waals surface area contributed by atoms with Gasteiger partial charge in [-0.2, -0.15) is 0 Å². The molecule has 4 atom stereocenters. The Morgan fingerprint density at radius 3 is 2.35 bits per heavy atom. The number of aliphatic carboxylic acids is 1. The molecule has 5 rings (SSSR count). The Labute approximate surface area is 221 Å². The number of amides is 1. The predicted octanol–water partition coefficient (Wildman–Crippen LogP) is 6.47. The van der Waals surface area contributed by atoms with E-state index < -0.39 is 29.4 Å². The zero-order chi connectivity index (χ0) is 26.5. The van der Waals surface area contributed by atoms with E-state index in [-0.39, 0.29) is 23.4 Å². The largest absolute Gasteiger partial charge is 0.479 e. The molecule has 0 spiro atoms. The maximum absolute atomic E-state index is 14.3. The Hall–Kier alpha value is -3.19. The van der Waals surface area contributed by atoms with Crippen LogP contribution in [0.25, 0.3) is 0 Å². The van der Waals surface area contributed by atoms with Crippen molar-refractivity contribution in [3.63, 3.8) is 0 Å². The molecule has 7 heteroatoms. The number of aryl methyl sites for hydroxylation is 3. The number of carboxylic acids is 1. The van der Waals surface area contributed by atoms with Crippen molar-refractivity contribution in [1.29, 1.82) is 0 Å². The summed E-state index contributed by atoms with van der Waals surface area (Å²) in [5.74, 6) is -2.53. The van der Waals surface area contributed by atoms with Crippen LogP contribution in [0.15, 0.2) is 52.3 Å². The molecule has 1 aliphatic carbocycles. The highest BCUT2D eigenvalue weighted by molar-refractivity contribution is 7.10. The van der Waals surface area contributed by atoms with Crippen molar-refractivity contribution in [2.24, 2.45) is 11.8 Å². The number of carbonyl (C=O) groups is 3. The molecule has 37 heavy (non-hydrogen) atoms. The maximum atomic E-state index is 14.3. The van der Waals surface area contributed by atoms with Crippen LogP contribution in [-0.2, 0) is 9.59 Å². The van der Waals surface area contributed by atoms with E-state index in [9.17, 15) is 19.5 Å². The number of furan rings is 1. The van der Waals surface area contributed by atoms with Gasteiger partial charge >= 0.3 is 5.97 Å². The molecule has 2 aliphatic rings. The van der Waals surface area contributed by atoms with Crippen LogP contribution in [0.5, 0.6) is 0 Å². The van der Waals surface area contributed by atoms with E-state index in [2.05, 4.69) is 0 Å². The molecule has 0 radical (unpaired) electrons. The summed E-state index contributed by atoms with van der Waals surface area (Å²) in [5.41, 5.74) is 1.07. The number of hydrogen-bond donors (Lipinski definition) is 1. The fourth-order valence-electron chi connectivity index (χ4n) is 6.46. The highest BCUT2D eigenvalue weighted by Gasteiger charge is 2.66. The van der Waals surface area contributed by atoms with Gasteiger partial charge in [-0.05, 0) is 75.2 Å². The van der Waals surface area contributed by atoms with Gasteiger partial charge in [-0.25, -0.2) is 4.79 Å². The van der Waals surface area contributed by atoms with Gasteiger partial charge in [0.15, 0.2) is 5.76 Å². The van der Waals surface area contributed by atoms with Gasteiger partial charge in [0.2, 0.25) is 11.7 Å². The molecule has 1 aromatic carbocycles. The summed E-state index contributed by atoms with van der Waals surface area (Å²) in [7, 11) is 0. The Kier molecular flexibility index (Phi) is 6.61. The first kappa shape index (κ1) is 25.5. The second kappa shape index (κ2) is 9.60. The monoisotopic (exact) mass is 519 g/mol. The number of thiophene rings is 1. The van der Waals surface area contributed by atoms with Gasteiger partial charge in [-0.15, -0.1) is 11.3 Å². The minimum absolute atomic E-state index is 0.168. The zero-order valence-electron chi connectivity index (χ0n) is 21.7. The molecule has 3 aromatic rings. The highest BCUT2D eigenvalue weighted by Crippen LogP contribution is 2.58. The number of likely N-dealkylation sites (tertiary alicyclic amines) is 1. The fraction of sp³-hybridized carbons (Fsp3) is 0.433. The lowest BCUT2D eigenvalue weighted by Gasteiger charge is -2.39. The summed E-state index contributed by atoms with van der Waals surface area (Å²) in [6.45, 7) is 7.32. The van der Waals surface area contributed by atoms with E-state index in [0.717, 1.165) is 47.3 Å². The van der Waals surface area contributed by atoms with Crippen LogP contribution in [0.2, 0.25) is 0 Å². The molecule has 3 heterocycles. The molecule has 2 fully saturated rings. The van der Waals surface area contributed by atoms with E-state index in [1.165, 1.54) is 11.3 Å². The van der Waals surface area contributed by atoms with E-state index in [1.807, 2.05) is 49.6 Å². The molecule has 4 unspecified atom stereocenters. The van der Waals surface area contributed by atoms with Gasteiger partial charge in [-0.3, -0.25) is 9.59 Å². The topological polar surface area (TPSA) is 87.8 Å². The van der Waals surface area contributed by atoms with Crippen molar-refractivity contribution in [3.8, 4) is 0 Å². The first-order valence-electron chi connectivity index (χ1n) is 12.9. The molecular formula is C30H33NO5S. The van der Waals surface area contributed by atoms with Crippen molar-refractivity contribution in [1.82, 2.24) is 4.90 Å². The summed E-state index contributed by atoms with van der Waals surface area (Å²) >= 11 is 1.45. The lowest BCUT2D eigenvalue weighted by Crippen LogP contribution is -2.55. The van der Waals surface area contributed by atoms with E-state index in [1.54, 1.807) is 30.9 Å². The molecular weight excluding hydrogens is 486 g/mol. The molecule has 1 saturated heterocycles. The van der Waals surface area contributed by atoms with E-state index in [0.29, 0.717) is 5.76 Å². The molecule has 1 amide bonds. The van der Waals surface area contributed by atoms with Crippen LogP contribution in [0.1, 0.15) is 82.4 Å². The second-order valence-corrected chi connectivity index (χ2v) is 11.7. The fourth-order valence-corrected chi connectivity index (χ4v) is 7.66. The lowest BCUT2D eigenvalue weighted by atomic mass is 9.74. The summed E-state index contributed by atoms with van der Waals surface area (Å²) in [5, 5.41) is 12.8. The molecule has 1 N–H and O–H groups in total. The van der Waals surface area contributed by atoms with Crippen LogP contribution < -0.4 is 0 Å². The van der Waals surface area contributed by atoms with Crippen molar-refractivity contribution >= 4 is 29.0 Å². The van der Waals surface area contributed by atoms with Crippen LogP contribution in [0.3, 0.4) is 0 Å². The normalized spacial score (nSPS) is 26.1. The number of nitrogens with zero attached hydrogens (tertiary/aromatic N) is 1. The maximum Gasteiger partial charge on any atom is 0.330 e. The van der Waals surface area contributed by atoms with Crippen molar-refractivity contribution in [2.45, 2.75) is 70.9 Å². The molecule has 0 bridgehead atoms. The van der Waals surface area contributed by atoms with Gasteiger partial charge in [0, 0.05) is 16.7 Å². The Bertz CT molecular complexity index is 1350. The van der Waals surface area contributed by atoms with Crippen LogP contribution in [0, 0.1) is 32.6 Å². The smallest absolute Gasteiger partial charge is 0.330 e. The van der Waals surface area contributed by atoms with Crippen LogP contribution in [-0.4, -0.2) is 33.2 Å². The van der Waals surface area contributed by atoms with Gasteiger partial charge < -0.3 is 14.4 Å². The van der Waals surface area contributed by atoms with Crippen LogP contribution >= 0.6 is 11.3 Å². The highest BCUT2D eigenvalue weighted by atomic mass is 32.1. The Morgan fingerprint density at radius 1 is 1.05 bits per heavy atom.